The third-order valence-electron chi connectivity index (χ3n) is 4.12. The van der Waals surface area contributed by atoms with E-state index in [4.69, 9.17) is 0 Å². The Balaban J connectivity index is 1.62. The highest BCUT2D eigenvalue weighted by Crippen LogP contribution is 2.26. The van der Waals surface area contributed by atoms with Crippen LogP contribution in [0.4, 0.5) is 10.5 Å². The highest BCUT2D eigenvalue weighted by atomic mass is 79.9. The molecule has 0 radical (unpaired) electrons. The Morgan fingerprint density at radius 1 is 1.27 bits per heavy atom. The highest BCUT2D eigenvalue weighted by Gasteiger charge is 2.43. The number of fused-ring (bicyclic) bond motifs is 1. The van der Waals surface area contributed by atoms with Crippen LogP contribution in [0.2, 0.25) is 0 Å². The molecule has 1 aromatic rings. The molecule has 1 aliphatic heterocycles. The zero-order chi connectivity index (χ0) is 15.5. The van der Waals surface area contributed by atoms with Crippen molar-refractivity contribution in [2.24, 2.45) is 5.92 Å². The summed E-state index contributed by atoms with van der Waals surface area (Å²) in [4.78, 5) is 12.2. The molecule has 116 valence electrons. The summed E-state index contributed by atoms with van der Waals surface area (Å²) in [5, 5.41) is 15.0. The molecule has 1 aromatic carbocycles. The first-order valence-corrected chi connectivity index (χ1v) is 7.96. The normalized spacial score (nSPS) is 30.2. The molecule has 22 heavy (non-hydrogen) atoms. The zero-order valence-corrected chi connectivity index (χ0v) is 13.4. The second-order valence-corrected chi connectivity index (χ2v) is 6.32. The van der Waals surface area contributed by atoms with Gasteiger partial charge in [0.1, 0.15) is 0 Å². The van der Waals surface area contributed by atoms with Gasteiger partial charge in [-0.05, 0) is 40.9 Å². The van der Waals surface area contributed by atoms with Crippen molar-refractivity contribution in [2.75, 3.05) is 5.32 Å². The summed E-state index contributed by atoms with van der Waals surface area (Å²) in [5.74, 6) is -0.0584. The van der Waals surface area contributed by atoms with E-state index in [0.717, 1.165) is 23.0 Å². The molecule has 2 aliphatic rings. The van der Waals surface area contributed by atoms with Crippen LogP contribution in [0, 0.1) is 17.2 Å². The molecule has 4 atom stereocenters. The molecule has 2 fully saturated rings. The van der Waals surface area contributed by atoms with Crippen molar-refractivity contribution in [1.82, 2.24) is 21.7 Å². The van der Waals surface area contributed by atoms with Crippen molar-refractivity contribution in [3.05, 3.63) is 28.7 Å². The Bertz CT molecular complexity index is 603. The number of benzene rings is 1. The van der Waals surface area contributed by atoms with Crippen LogP contribution < -0.4 is 27.0 Å². The third kappa shape index (κ3) is 3.08. The second-order valence-electron chi connectivity index (χ2n) is 5.46. The molecule has 4 unspecified atom stereocenters. The number of carbonyl (C=O) groups is 1. The number of urea groups is 1. The molecule has 0 spiro atoms. The summed E-state index contributed by atoms with van der Waals surface area (Å²) in [6, 6.07) is 9.46. The number of nitrogens with zero attached hydrogens (tertiary/aromatic N) is 1. The first kappa shape index (κ1) is 15.2. The van der Waals surface area contributed by atoms with E-state index >= 15 is 0 Å². The van der Waals surface area contributed by atoms with Gasteiger partial charge in [0.25, 0.3) is 0 Å². The Morgan fingerprint density at radius 3 is 2.82 bits per heavy atom. The van der Waals surface area contributed by atoms with Crippen LogP contribution in [0.5, 0.6) is 0 Å². The number of nitriles is 1. The van der Waals surface area contributed by atoms with E-state index < -0.39 is 0 Å². The molecule has 1 saturated heterocycles. The van der Waals surface area contributed by atoms with E-state index in [2.05, 4.69) is 49.0 Å². The number of halogens is 1. The smallest absolute Gasteiger partial charge is 0.319 e. The molecule has 3 rings (SSSR count). The van der Waals surface area contributed by atoms with Crippen molar-refractivity contribution in [2.45, 2.75) is 31.0 Å². The third-order valence-corrected chi connectivity index (χ3v) is 4.82. The summed E-state index contributed by atoms with van der Waals surface area (Å²) < 4.78 is 0.832. The van der Waals surface area contributed by atoms with Crippen molar-refractivity contribution in [3.63, 3.8) is 0 Å². The maximum atomic E-state index is 12.2. The van der Waals surface area contributed by atoms with Crippen LogP contribution in [0.1, 0.15) is 12.8 Å². The van der Waals surface area contributed by atoms with Gasteiger partial charge in [-0.25, -0.2) is 15.6 Å². The van der Waals surface area contributed by atoms with Crippen LogP contribution in [-0.2, 0) is 0 Å². The van der Waals surface area contributed by atoms with Crippen LogP contribution in [0.15, 0.2) is 28.7 Å². The minimum atomic E-state index is -0.250. The zero-order valence-electron chi connectivity index (χ0n) is 11.8. The monoisotopic (exact) mass is 364 g/mol. The minimum Gasteiger partial charge on any atom is -0.333 e. The number of hydrogen-bond acceptors (Lipinski definition) is 5. The maximum absolute atomic E-state index is 12.2. The van der Waals surface area contributed by atoms with E-state index in [1.54, 1.807) is 0 Å². The maximum Gasteiger partial charge on any atom is 0.319 e. The number of rotatable bonds is 2. The van der Waals surface area contributed by atoms with Crippen LogP contribution in [0.3, 0.4) is 0 Å². The van der Waals surface area contributed by atoms with E-state index in [-0.39, 0.29) is 30.1 Å². The molecule has 5 N–H and O–H groups in total. The largest absolute Gasteiger partial charge is 0.333 e. The van der Waals surface area contributed by atoms with E-state index in [0.29, 0.717) is 0 Å². The molecule has 8 heteroatoms. The lowest BCUT2D eigenvalue weighted by Gasteiger charge is -2.35. The fraction of sp³-hybridized carbons (Fsp3) is 0.429. The standard InChI is InChI=1S/C14H17BrN6O/c15-9-3-1-2-4-10(9)17-14(22)18-11-6-5-8(7-16)12-13(11)20-21-19-12/h1-4,8,11-13,19-21H,5-6H2,(H2,17,18,22). The fourth-order valence-electron chi connectivity index (χ4n) is 3.00. The lowest BCUT2D eigenvalue weighted by molar-refractivity contribution is 0.225. The average molecular weight is 365 g/mol. The first-order chi connectivity index (χ1) is 10.7. The van der Waals surface area contributed by atoms with Crippen molar-refractivity contribution in [3.8, 4) is 6.07 Å². The number of nitrogens with one attached hydrogen (secondary N) is 5. The summed E-state index contributed by atoms with van der Waals surface area (Å²) in [6.07, 6.45) is 1.52. The first-order valence-electron chi connectivity index (χ1n) is 7.17. The summed E-state index contributed by atoms with van der Waals surface area (Å²) >= 11 is 3.40. The van der Waals surface area contributed by atoms with Crippen LogP contribution >= 0.6 is 15.9 Å². The van der Waals surface area contributed by atoms with Crippen molar-refractivity contribution in [1.29, 1.82) is 5.26 Å². The van der Waals surface area contributed by atoms with Gasteiger partial charge in [-0.2, -0.15) is 10.8 Å². The molecule has 0 bridgehead atoms. The van der Waals surface area contributed by atoms with Crippen LogP contribution in [0.25, 0.3) is 0 Å². The Morgan fingerprint density at radius 2 is 2.05 bits per heavy atom. The number of anilines is 1. The topological polar surface area (TPSA) is 101 Å². The predicted octanol–water partition coefficient (Wildman–Crippen LogP) is 1.22. The number of amides is 2. The molecule has 2 amide bonds. The van der Waals surface area contributed by atoms with E-state index in [1.165, 1.54) is 0 Å². The molecule has 1 aliphatic carbocycles. The van der Waals surface area contributed by atoms with Gasteiger partial charge in [-0.15, -0.1) is 0 Å². The van der Waals surface area contributed by atoms with Gasteiger partial charge in [-0.3, -0.25) is 0 Å². The Labute approximate surface area is 136 Å². The Hall–Kier alpha value is -1.66. The average Bonchev–Trinajstić information content (AvgIpc) is 3.00. The van der Waals surface area contributed by atoms with Gasteiger partial charge < -0.3 is 10.6 Å². The molecule has 0 aromatic heterocycles. The van der Waals surface area contributed by atoms with Gasteiger partial charge in [-0.1, -0.05) is 12.1 Å². The number of hydrogen-bond donors (Lipinski definition) is 5. The summed E-state index contributed by atoms with van der Waals surface area (Å²) in [7, 11) is 0. The van der Waals surface area contributed by atoms with E-state index in [1.807, 2.05) is 24.3 Å². The number of hydrazine groups is 2. The van der Waals surface area contributed by atoms with Crippen molar-refractivity contribution >= 4 is 27.6 Å². The summed E-state index contributed by atoms with van der Waals surface area (Å²) in [5.41, 5.74) is 9.73. The van der Waals surface area contributed by atoms with Crippen LogP contribution in [-0.4, -0.2) is 24.2 Å². The fourth-order valence-corrected chi connectivity index (χ4v) is 3.39. The number of carbonyl (C=O) groups excluding carboxylic acids is 1. The van der Waals surface area contributed by atoms with Gasteiger partial charge >= 0.3 is 6.03 Å². The second kappa shape index (κ2) is 6.62. The molecule has 7 nitrogen and oxygen atoms in total. The van der Waals surface area contributed by atoms with Gasteiger partial charge in [0, 0.05) is 10.5 Å². The van der Waals surface area contributed by atoms with Gasteiger partial charge in [0.2, 0.25) is 0 Å². The number of para-hydroxylation sites is 1. The SMILES string of the molecule is N#CC1CCC(NC(=O)Nc2ccccc2Br)C2NNNC12. The highest BCUT2D eigenvalue weighted by molar-refractivity contribution is 9.10. The molecule has 1 heterocycles. The minimum absolute atomic E-state index is 0.00693. The predicted molar refractivity (Wildman–Crippen MR) is 85.4 cm³/mol. The molecule has 1 saturated carbocycles. The lowest BCUT2D eigenvalue weighted by atomic mass is 9.79. The molecular weight excluding hydrogens is 348 g/mol. The Kier molecular flexibility index (Phi) is 4.59. The van der Waals surface area contributed by atoms with Gasteiger partial charge in [0.15, 0.2) is 0 Å². The van der Waals surface area contributed by atoms with Crippen molar-refractivity contribution < 1.29 is 4.79 Å². The quantitative estimate of drug-likeness (QED) is 0.543. The van der Waals surface area contributed by atoms with Gasteiger partial charge in [0.05, 0.1) is 29.8 Å². The molecular formula is C14H17BrN6O. The lowest BCUT2D eigenvalue weighted by Crippen LogP contribution is -2.58. The summed E-state index contributed by atoms with van der Waals surface area (Å²) in [6.45, 7) is 0. The van der Waals surface area contributed by atoms with E-state index in [9.17, 15) is 10.1 Å².